The van der Waals surface area contributed by atoms with E-state index in [1.807, 2.05) is 5.32 Å². The van der Waals surface area contributed by atoms with E-state index >= 15 is 0 Å². The molecule has 1 aromatic rings. The van der Waals surface area contributed by atoms with Crippen LogP contribution in [0.15, 0.2) is 17.1 Å². The van der Waals surface area contributed by atoms with Crippen LogP contribution in [0.1, 0.15) is 30.4 Å². The van der Waals surface area contributed by atoms with Crippen LogP contribution in [0.2, 0.25) is 0 Å². The lowest BCUT2D eigenvalue weighted by molar-refractivity contribution is -0.144. The zero-order valence-electron chi connectivity index (χ0n) is 23.4. The number of aromatic hydroxyl groups is 2. The van der Waals surface area contributed by atoms with Crippen LogP contribution in [0, 0.1) is 0 Å². The van der Waals surface area contributed by atoms with E-state index in [0.717, 1.165) is 0 Å². The van der Waals surface area contributed by atoms with E-state index in [4.69, 9.17) is 26.8 Å². The van der Waals surface area contributed by atoms with Gasteiger partial charge < -0.3 is 63.6 Å². The fourth-order valence-electron chi connectivity index (χ4n) is 4.15. The van der Waals surface area contributed by atoms with Gasteiger partial charge in [-0.25, -0.2) is 4.79 Å². The van der Waals surface area contributed by atoms with Crippen molar-refractivity contribution >= 4 is 41.5 Å². The largest absolute Gasteiger partial charge is 0.504 e. The zero-order valence-corrected chi connectivity index (χ0v) is 23.4. The second-order valence-corrected chi connectivity index (χ2v) is 9.77. The van der Waals surface area contributed by atoms with Gasteiger partial charge in [-0.2, -0.15) is 0 Å². The van der Waals surface area contributed by atoms with Crippen LogP contribution in [0.4, 0.5) is 0 Å². The van der Waals surface area contributed by atoms with Gasteiger partial charge in [-0.15, -0.1) is 0 Å². The molecule has 0 spiro atoms. The van der Waals surface area contributed by atoms with Gasteiger partial charge in [0.25, 0.3) is 0 Å². The maximum absolute atomic E-state index is 13.1. The normalized spacial score (nSPS) is 15.8. The number of carbonyl (C=O) groups is 6. The maximum atomic E-state index is 13.1. The van der Waals surface area contributed by atoms with Crippen molar-refractivity contribution in [3.63, 3.8) is 0 Å². The van der Waals surface area contributed by atoms with Crippen LogP contribution in [0.5, 0.6) is 11.5 Å². The molecule has 19 heteroatoms. The Morgan fingerprint density at radius 1 is 0.932 bits per heavy atom. The molecule has 4 atom stereocenters. The van der Waals surface area contributed by atoms with Gasteiger partial charge in [-0.3, -0.25) is 29.0 Å². The third-order valence-corrected chi connectivity index (χ3v) is 6.41. The summed E-state index contributed by atoms with van der Waals surface area (Å²) in [4.78, 5) is 77.0. The van der Waals surface area contributed by atoms with Crippen LogP contribution in [-0.4, -0.2) is 111 Å². The average molecular weight is 625 g/mol. The van der Waals surface area contributed by atoms with E-state index in [1.54, 1.807) is 0 Å². The van der Waals surface area contributed by atoms with Gasteiger partial charge in [0.1, 0.15) is 18.1 Å². The first kappa shape index (κ1) is 35.0. The number of fused-ring (bicyclic) bond motifs is 1. The van der Waals surface area contributed by atoms with Gasteiger partial charge in [0.15, 0.2) is 17.5 Å². The molecule has 0 fully saturated rings. The average Bonchev–Trinajstić information content (AvgIpc) is 2.95. The van der Waals surface area contributed by atoms with Crippen LogP contribution in [-0.2, 0) is 41.7 Å². The van der Waals surface area contributed by atoms with Crippen molar-refractivity contribution in [1.82, 2.24) is 26.6 Å². The lowest BCUT2D eigenvalue weighted by Crippen LogP contribution is -2.56. The first-order chi connectivity index (χ1) is 20.7. The van der Waals surface area contributed by atoms with Gasteiger partial charge in [0.05, 0.1) is 25.6 Å². The van der Waals surface area contributed by atoms with Crippen molar-refractivity contribution in [3.05, 3.63) is 23.3 Å². The molecule has 4 amide bonds. The summed E-state index contributed by atoms with van der Waals surface area (Å²) in [6.45, 7) is -1.42. The van der Waals surface area contributed by atoms with E-state index in [9.17, 15) is 39.0 Å². The third kappa shape index (κ3) is 10.9. The number of aliphatic hydroxyl groups excluding tert-OH is 1. The number of phenols is 2. The standard InChI is InChI=1S/C25H36N8O11/c26-25(27)28-3-1-2-13(32-22(41)14-4-11-5-17(35)18(36)6-12(11)8-29-14)21(40)30-9-19(37)31-15(7-20(38)39)23(42)33-16(10-34)24(43)44/h5-6,13-16,29,34-36H,1-4,7-10H2,(H,30,40)(H,31,37)(H,32,41)(H,33,42)(H,38,39)(H,43,44)(H4,26,27,28)/t13-,14?,15-,16-/m0/s1. The zero-order chi connectivity index (χ0) is 33.0. The topological polar surface area (TPSA) is 328 Å². The molecule has 1 unspecified atom stereocenters. The van der Waals surface area contributed by atoms with Crippen molar-refractivity contribution in [3.8, 4) is 11.5 Å². The smallest absolute Gasteiger partial charge is 0.328 e. The number of aliphatic hydroxyl groups is 1. The van der Waals surface area contributed by atoms with Crippen LogP contribution < -0.4 is 38.1 Å². The van der Waals surface area contributed by atoms with Gasteiger partial charge in [0.2, 0.25) is 23.6 Å². The first-order valence-electron chi connectivity index (χ1n) is 13.3. The summed E-state index contributed by atoms with van der Waals surface area (Å²) in [6.07, 6.45) is -0.518. The number of benzene rings is 1. The van der Waals surface area contributed by atoms with Gasteiger partial charge >= 0.3 is 11.9 Å². The number of guanidine groups is 1. The Morgan fingerprint density at radius 2 is 1.59 bits per heavy atom. The summed E-state index contributed by atoms with van der Waals surface area (Å²) < 4.78 is 0. The monoisotopic (exact) mass is 624 g/mol. The molecule has 1 aliphatic heterocycles. The summed E-state index contributed by atoms with van der Waals surface area (Å²) in [7, 11) is 0. The molecule has 0 aromatic heterocycles. The highest BCUT2D eigenvalue weighted by atomic mass is 16.4. The number of rotatable bonds is 16. The molecule has 2 rings (SSSR count). The number of hydrogen-bond acceptors (Lipinski definition) is 11. The number of phenolic OH excluding ortho intramolecular Hbond substituents is 2. The predicted octanol–water partition coefficient (Wildman–Crippen LogP) is -4.71. The molecule has 19 nitrogen and oxygen atoms in total. The summed E-state index contributed by atoms with van der Waals surface area (Å²) in [5, 5.41) is 58.5. The summed E-state index contributed by atoms with van der Waals surface area (Å²) in [5.74, 6) is -7.51. The van der Waals surface area contributed by atoms with E-state index in [0.29, 0.717) is 11.1 Å². The Hall–Kier alpha value is -5.17. The molecule has 0 saturated heterocycles. The highest BCUT2D eigenvalue weighted by Gasteiger charge is 2.31. The van der Waals surface area contributed by atoms with Crippen molar-refractivity contribution in [2.75, 3.05) is 19.7 Å². The number of nitrogens with zero attached hydrogens (tertiary/aromatic N) is 1. The second kappa shape index (κ2) is 16.5. The molecule has 0 bridgehead atoms. The Balaban J connectivity index is 2.06. The van der Waals surface area contributed by atoms with Crippen LogP contribution in [0.3, 0.4) is 0 Å². The number of aliphatic carboxylic acids is 2. The molecule has 242 valence electrons. The highest BCUT2D eigenvalue weighted by molar-refractivity contribution is 5.95. The summed E-state index contributed by atoms with van der Waals surface area (Å²) in [5.41, 5.74) is 11.9. The number of nitrogens with one attached hydrogen (secondary N) is 5. The number of carboxylic acids is 2. The van der Waals surface area contributed by atoms with Crippen molar-refractivity contribution in [2.45, 2.75) is 56.4 Å². The molecule has 0 radical (unpaired) electrons. The molecule has 44 heavy (non-hydrogen) atoms. The Bertz CT molecular complexity index is 1280. The van der Waals surface area contributed by atoms with Crippen molar-refractivity contribution < 1.29 is 54.3 Å². The van der Waals surface area contributed by atoms with E-state index in [1.165, 1.54) is 12.1 Å². The van der Waals surface area contributed by atoms with Gasteiger partial charge in [-0.1, -0.05) is 0 Å². The number of aliphatic imine (C=N–C) groups is 1. The van der Waals surface area contributed by atoms with Gasteiger partial charge in [-0.05, 0) is 42.5 Å². The maximum Gasteiger partial charge on any atom is 0.328 e. The first-order valence-corrected chi connectivity index (χ1v) is 13.3. The van der Waals surface area contributed by atoms with E-state index < -0.39 is 79.3 Å². The summed E-state index contributed by atoms with van der Waals surface area (Å²) in [6, 6.07) is -2.76. The van der Waals surface area contributed by atoms with E-state index in [-0.39, 0.29) is 49.8 Å². The minimum atomic E-state index is -1.75. The fourth-order valence-corrected chi connectivity index (χ4v) is 4.15. The number of carbonyl (C=O) groups excluding carboxylic acids is 4. The molecule has 14 N–H and O–H groups in total. The Labute approximate surface area is 250 Å². The SMILES string of the molecule is NC(N)=NCCC[C@H](NC(=O)C1Cc2cc(O)c(O)cc2CN1)C(=O)NCC(=O)N[C@@H](CC(=O)O)C(=O)N[C@@H](CO)C(=O)O. The molecule has 1 aromatic carbocycles. The van der Waals surface area contributed by atoms with E-state index in [2.05, 4.69) is 26.3 Å². The molecule has 0 aliphatic carbocycles. The van der Waals surface area contributed by atoms with Crippen molar-refractivity contribution in [1.29, 1.82) is 0 Å². The molecular formula is C25H36N8O11. The Kier molecular flexibility index (Phi) is 13.1. The molecule has 0 saturated carbocycles. The Morgan fingerprint density at radius 3 is 2.18 bits per heavy atom. The predicted molar refractivity (Wildman–Crippen MR) is 150 cm³/mol. The van der Waals surface area contributed by atoms with Crippen molar-refractivity contribution in [2.24, 2.45) is 16.5 Å². The van der Waals surface area contributed by atoms with Crippen LogP contribution in [0.25, 0.3) is 0 Å². The molecule has 1 heterocycles. The number of amides is 4. The highest BCUT2D eigenvalue weighted by Crippen LogP contribution is 2.30. The number of carboxylic acid groups (broad SMARTS) is 2. The minimum absolute atomic E-state index is 0.0374. The third-order valence-electron chi connectivity index (χ3n) is 6.41. The van der Waals surface area contributed by atoms with Gasteiger partial charge in [0, 0.05) is 13.1 Å². The summed E-state index contributed by atoms with van der Waals surface area (Å²) >= 11 is 0. The molecular weight excluding hydrogens is 588 g/mol. The lowest BCUT2D eigenvalue weighted by Gasteiger charge is -2.27. The van der Waals surface area contributed by atoms with Crippen LogP contribution >= 0.6 is 0 Å². The number of nitrogens with two attached hydrogens (primary N) is 2. The minimum Gasteiger partial charge on any atom is -0.504 e. The molecule has 1 aliphatic rings. The second-order valence-electron chi connectivity index (χ2n) is 9.77. The number of hydrogen-bond donors (Lipinski definition) is 12. The lowest BCUT2D eigenvalue weighted by atomic mass is 9.94. The quantitative estimate of drug-likeness (QED) is 0.0356. The fraction of sp³-hybridized carbons (Fsp3) is 0.480.